The van der Waals surface area contributed by atoms with Crippen LogP contribution < -0.4 is 0 Å². The zero-order chi connectivity index (χ0) is 12.5. The van der Waals surface area contributed by atoms with E-state index in [1.807, 2.05) is 0 Å². The van der Waals surface area contributed by atoms with E-state index >= 15 is 0 Å². The van der Waals surface area contributed by atoms with Crippen molar-refractivity contribution in [3.8, 4) is 0 Å². The fourth-order valence-corrected chi connectivity index (χ4v) is 1.35. The molecule has 0 atom stereocenters. The zero-order valence-corrected chi connectivity index (χ0v) is 9.36. The van der Waals surface area contributed by atoms with E-state index in [2.05, 4.69) is 0 Å². The van der Waals surface area contributed by atoms with Gasteiger partial charge in [0.05, 0.1) is 11.1 Å². The van der Waals surface area contributed by atoms with Gasteiger partial charge in [-0.05, 0) is 18.2 Å². The van der Waals surface area contributed by atoms with Gasteiger partial charge in [-0.2, -0.15) is 13.2 Å². The maximum atomic E-state index is 12.6. The van der Waals surface area contributed by atoms with Gasteiger partial charge in [-0.1, -0.05) is 11.6 Å². The Balaban J connectivity index is 3.34. The zero-order valence-electron chi connectivity index (χ0n) is 8.60. The van der Waals surface area contributed by atoms with Crippen LogP contribution in [0.5, 0.6) is 0 Å². The molecular weight excluding hydrogens is 243 g/mol. The summed E-state index contributed by atoms with van der Waals surface area (Å²) in [4.78, 5) is 12.6. The fourth-order valence-electron chi connectivity index (χ4n) is 1.18. The van der Waals surface area contributed by atoms with Gasteiger partial charge in [0.15, 0.2) is 0 Å². The van der Waals surface area contributed by atoms with Gasteiger partial charge in [-0.25, -0.2) is 0 Å². The lowest BCUT2D eigenvalue weighted by Crippen LogP contribution is -2.25. The van der Waals surface area contributed by atoms with Crippen molar-refractivity contribution in [2.45, 2.75) is 6.18 Å². The van der Waals surface area contributed by atoms with Crippen molar-refractivity contribution in [2.75, 3.05) is 14.1 Å². The first-order valence-corrected chi connectivity index (χ1v) is 4.69. The Hall–Kier alpha value is -1.23. The lowest BCUT2D eigenvalue weighted by Gasteiger charge is -2.16. The number of halogens is 4. The molecule has 0 aliphatic carbocycles. The summed E-state index contributed by atoms with van der Waals surface area (Å²) in [6.07, 6.45) is -4.59. The summed E-state index contributed by atoms with van der Waals surface area (Å²) < 4.78 is 37.9. The van der Waals surface area contributed by atoms with Crippen molar-refractivity contribution < 1.29 is 18.0 Å². The predicted molar refractivity (Wildman–Crippen MR) is 54.5 cm³/mol. The van der Waals surface area contributed by atoms with Crippen LogP contribution in [0.3, 0.4) is 0 Å². The van der Waals surface area contributed by atoms with Crippen LogP contribution in [0.4, 0.5) is 13.2 Å². The van der Waals surface area contributed by atoms with Crippen LogP contribution in [0, 0.1) is 0 Å². The van der Waals surface area contributed by atoms with Gasteiger partial charge in [0.25, 0.3) is 5.91 Å². The van der Waals surface area contributed by atoms with E-state index < -0.39 is 23.2 Å². The monoisotopic (exact) mass is 251 g/mol. The maximum absolute atomic E-state index is 12.6. The van der Waals surface area contributed by atoms with Crippen LogP contribution >= 0.6 is 11.6 Å². The van der Waals surface area contributed by atoms with Crippen LogP contribution in [0.1, 0.15) is 15.9 Å². The highest BCUT2D eigenvalue weighted by Gasteiger charge is 2.35. The van der Waals surface area contributed by atoms with Crippen LogP contribution in [-0.4, -0.2) is 24.9 Å². The molecule has 0 aliphatic rings. The molecule has 0 saturated heterocycles. The number of amides is 1. The number of rotatable bonds is 1. The van der Waals surface area contributed by atoms with Gasteiger partial charge >= 0.3 is 6.18 Å². The Labute approximate surface area is 95.6 Å². The molecule has 0 heterocycles. The molecule has 0 aliphatic heterocycles. The number of benzene rings is 1. The van der Waals surface area contributed by atoms with E-state index in [9.17, 15) is 18.0 Å². The van der Waals surface area contributed by atoms with Crippen molar-refractivity contribution in [3.63, 3.8) is 0 Å². The summed E-state index contributed by atoms with van der Waals surface area (Å²) in [6, 6.07) is 3.08. The molecule has 0 saturated carbocycles. The van der Waals surface area contributed by atoms with Gasteiger partial charge < -0.3 is 4.90 Å². The van der Waals surface area contributed by atoms with Crippen molar-refractivity contribution in [2.24, 2.45) is 0 Å². The molecule has 0 spiro atoms. The topological polar surface area (TPSA) is 20.3 Å². The molecule has 0 unspecified atom stereocenters. The molecule has 1 rings (SSSR count). The highest BCUT2D eigenvalue weighted by molar-refractivity contribution is 6.30. The summed E-state index contributed by atoms with van der Waals surface area (Å²) >= 11 is 5.48. The minimum absolute atomic E-state index is 0.0531. The first-order chi connectivity index (χ1) is 7.23. The smallest absolute Gasteiger partial charge is 0.345 e. The van der Waals surface area contributed by atoms with Gasteiger partial charge in [0, 0.05) is 19.1 Å². The van der Waals surface area contributed by atoms with E-state index in [0.29, 0.717) is 0 Å². The lowest BCUT2D eigenvalue weighted by atomic mass is 10.1. The molecule has 88 valence electrons. The van der Waals surface area contributed by atoms with Crippen molar-refractivity contribution in [1.82, 2.24) is 4.90 Å². The Bertz CT molecular complexity index is 415. The summed E-state index contributed by atoms with van der Waals surface area (Å²) in [5.41, 5.74) is -1.42. The Morgan fingerprint density at radius 2 is 1.88 bits per heavy atom. The largest absolute Gasteiger partial charge is 0.417 e. The Kier molecular flexibility index (Phi) is 3.48. The molecule has 0 bridgehead atoms. The summed E-state index contributed by atoms with van der Waals surface area (Å²) in [7, 11) is 2.77. The second-order valence-electron chi connectivity index (χ2n) is 3.39. The summed E-state index contributed by atoms with van der Waals surface area (Å²) in [5, 5.41) is -0.0531. The second kappa shape index (κ2) is 4.33. The molecule has 6 heteroatoms. The average molecular weight is 252 g/mol. The molecule has 0 radical (unpaired) electrons. The van der Waals surface area contributed by atoms with Gasteiger partial charge in [-0.3, -0.25) is 4.79 Å². The van der Waals surface area contributed by atoms with Crippen LogP contribution in [0.25, 0.3) is 0 Å². The molecule has 1 amide bonds. The third-order valence-corrected chi connectivity index (χ3v) is 2.16. The third kappa shape index (κ3) is 2.66. The highest BCUT2D eigenvalue weighted by atomic mass is 35.5. The number of nitrogens with zero attached hydrogens (tertiary/aromatic N) is 1. The second-order valence-corrected chi connectivity index (χ2v) is 3.82. The van der Waals surface area contributed by atoms with Crippen molar-refractivity contribution >= 4 is 17.5 Å². The van der Waals surface area contributed by atoms with E-state index in [0.717, 1.165) is 17.0 Å². The van der Waals surface area contributed by atoms with E-state index in [-0.39, 0.29) is 5.02 Å². The quantitative estimate of drug-likeness (QED) is 0.751. The summed E-state index contributed by atoms with van der Waals surface area (Å²) in [5.74, 6) is -0.705. The molecule has 0 fully saturated rings. The molecule has 0 N–H and O–H groups in total. The first kappa shape index (κ1) is 12.8. The maximum Gasteiger partial charge on any atom is 0.417 e. The van der Waals surface area contributed by atoms with Crippen LogP contribution in [0.15, 0.2) is 18.2 Å². The number of alkyl halides is 3. The molecule has 16 heavy (non-hydrogen) atoms. The number of carbonyl (C=O) groups is 1. The highest BCUT2D eigenvalue weighted by Crippen LogP contribution is 2.34. The van der Waals surface area contributed by atoms with E-state index in [1.165, 1.54) is 20.2 Å². The summed E-state index contributed by atoms with van der Waals surface area (Å²) in [6.45, 7) is 0. The normalized spacial score (nSPS) is 11.4. The number of hydrogen-bond donors (Lipinski definition) is 0. The first-order valence-electron chi connectivity index (χ1n) is 4.32. The Morgan fingerprint density at radius 1 is 1.31 bits per heavy atom. The third-order valence-electron chi connectivity index (χ3n) is 1.92. The standard InChI is InChI=1S/C10H9ClF3NO/c1-15(2)9(16)7-4-3-6(11)5-8(7)10(12,13)14/h3-5H,1-2H3. The van der Waals surface area contributed by atoms with Crippen LogP contribution in [0.2, 0.25) is 5.02 Å². The number of carbonyl (C=O) groups excluding carboxylic acids is 1. The molecule has 0 aromatic heterocycles. The van der Waals surface area contributed by atoms with Crippen LogP contribution in [-0.2, 0) is 6.18 Å². The van der Waals surface area contributed by atoms with E-state index in [4.69, 9.17) is 11.6 Å². The lowest BCUT2D eigenvalue weighted by molar-refractivity contribution is -0.138. The molecule has 1 aromatic rings. The average Bonchev–Trinajstić information content (AvgIpc) is 2.15. The van der Waals surface area contributed by atoms with Gasteiger partial charge in [0.2, 0.25) is 0 Å². The number of hydrogen-bond acceptors (Lipinski definition) is 1. The molecule has 2 nitrogen and oxygen atoms in total. The SMILES string of the molecule is CN(C)C(=O)c1ccc(Cl)cc1C(F)(F)F. The van der Waals surface area contributed by atoms with Gasteiger partial charge in [-0.15, -0.1) is 0 Å². The Morgan fingerprint density at radius 3 is 2.31 bits per heavy atom. The minimum Gasteiger partial charge on any atom is -0.345 e. The fraction of sp³-hybridized carbons (Fsp3) is 0.300. The van der Waals surface area contributed by atoms with Gasteiger partial charge in [0.1, 0.15) is 0 Å². The molecular formula is C10H9ClF3NO. The molecule has 1 aromatic carbocycles. The van der Waals surface area contributed by atoms with Crippen molar-refractivity contribution in [3.05, 3.63) is 34.3 Å². The van der Waals surface area contributed by atoms with E-state index in [1.54, 1.807) is 0 Å². The minimum atomic E-state index is -4.59. The predicted octanol–water partition coefficient (Wildman–Crippen LogP) is 3.06. The van der Waals surface area contributed by atoms with Crippen molar-refractivity contribution in [1.29, 1.82) is 0 Å².